The van der Waals surface area contributed by atoms with Gasteiger partial charge in [-0.15, -0.1) is 0 Å². The minimum absolute atomic E-state index is 0.890. The molecule has 0 aromatic carbocycles. The second-order valence-electron chi connectivity index (χ2n) is 11.6. The largest absolute Gasteiger partial charge is 0.303 e. The molecule has 0 saturated heterocycles. The summed E-state index contributed by atoms with van der Waals surface area (Å²) < 4.78 is 0. The van der Waals surface area contributed by atoms with Crippen LogP contribution in [0.25, 0.3) is 0 Å². The topological polar surface area (TPSA) is 3.24 Å². The van der Waals surface area contributed by atoms with Gasteiger partial charge >= 0.3 is 0 Å². The molecule has 0 aliphatic rings. The number of hydrogen-bond acceptors (Lipinski definition) is 1. The number of unbranched alkanes of at least 4 members (excludes halogenated alkanes) is 16. The van der Waals surface area contributed by atoms with Crippen molar-refractivity contribution in [2.75, 3.05) is 19.6 Å². The summed E-state index contributed by atoms with van der Waals surface area (Å²) in [5.74, 6) is 1.78. The molecule has 0 spiro atoms. The molecular weight excluding hydrogens is 386 g/mol. The van der Waals surface area contributed by atoms with Crippen molar-refractivity contribution in [3.8, 4) is 0 Å². The van der Waals surface area contributed by atoms with Gasteiger partial charge in [0, 0.05) is 0 Å². The van der Waals surface area contributed by atoms with E-state index in [0.29, 0.717) is 0 Å². The van der Waals surface area contributed by atoms with Crippen LogP contribution in [0.5, 0.6) is 0 Å². The van der Waals surface area contributed by atoms with Gasteiger partial charge in [-0.05, 0) is 50.7 Å². The van der Waals surface area contributed by atoms with Gasteiger partial charge in [-0.3, -0.25) is 0 Å². The van der Waals surface area contributed by atoms with E-state index in [1.54, 1.807) is 0 Å². The van der Waals surface area contributed by atoms with Crippen molar-refractivity contribution >= 4 is 0 Å². The third kappa shape index (κ3) is 26.2. The fraction of sp³-hybridized carbons (Fsp3) is 1.00. The first-order valence-electron chi connectivity index (χ1n) is 15.3. The van der Waals surface area contributed by atoms with E-state index >= 15 is 0 Å². The molecule has 0 fully saturated rings. The average Bonchev–Trinajstić information content (AvgIpc) is 2.75. The highest BCUT2D eigenvalue weighted by atomic mass is 15.1. The maximum atomic E-state index is 2.75. The summed E-state index contributed by atoms with van der Waals surface area (Å²) in [6, 6.07) is 0. The summed E-state index contributed by atoms with van der Waals surface area (Å²) in [6.07, 6.45) is 30.4. The quantitative estimate of drug-likeness (QED) is 0.118. The molecule has 0 aromatic heterocycles. The van der Waals surface area contributed by atoms with Crippen LogP contribution in [0, 0.1) is 11.8 Å². The van der Waals surface area contributed by atoms with Crippen molar-refractivity contribution in [1.82, 2.24) is 4.90 Å². The number of hydrogen-bond donors (Lipinski definition) is 0. The summed E-state index contributed by atoms with van der Waals surface area (Å²) in [6.45, 7) is 15.7. The van der Waals surface area contributed by atoms with Crippen LogP contribution in [0.2, 0.25) is 0 Å². The second-order valence-corrected chi connectivity index (χ2v) is 11.6. The van der Waals surface area contributed by atoms with Crippen molar-refractivity contribution in [2.24, 2.45) is 11.8 Å². The fourth-order valence-electron chi connectivity index (χ4n) is 4.90. The Kier molecular flexibility index (Phi) is 25.5. The lowest BCUT2D eigenvalue weighted by molar-refractivity contribution is 0.260. The molecule has 0 aromatic rings. The molecule has 194 valence electrons. The average molecular weight is 452 g/mol. The zero-order chi connectivity index (χ0) is 23.7. The first-order valence-corrected chi connectivity index (χ1v) is 15.3. The third-order valence-corrected chi connectivity index (χ3v) is 7.05. The molecule has 0 aliphatic carbocycles. The van der Waals surface area contributed by atoms with E-state index in [9.17, 15) is 0 Å². The van der Waals surface area contributed by atoms with Crippen LogP contribution in [0.3, 0.4) is 0 Å². The first kappa shape index (κ1) is 32.0. The van der Waals surface area contributed by atoms with Gasteiger partial charge in [0.1, 0.15) is 0 Å². The zero-order valence-electron chi connectivity index (χ0n) is 23.6. The lowest BCUT2D eigenvalue weighted by Gasteiger charge is -2.21. The lowest BCUT2D eigenvalue weighted by atomic mass is 10.0. The summed E-state index contributed by atoms with van der Waals surface area (Å²) in [7, 11) is 0. The lowest BCUT2D eigenvalue weighted by Crippen LogP contribution is -2.27. The molecule has 0 N–H and O–H groups in total. The van der Waals surface area contributed by atoms with Gasteiger partial charge in [0.05, 0.1) is 0 Å². The molecular formula is C31H65N. The smallest absolute Gasteiger partial charge is 0.00187 e. The van der Waals surface area contributed by atoms with Crippen molar-refractivity contribution in [3.05, 3.63) is 0 Å². The van der Waals surface area contributed by atoms with Crippen LogP contribution in [0.1, 0.15) is 169 Å². The predicted octanol–water partition coefficient (Wildman–Crippen LogP) is 10.8. The van der Waals surface area contributed by atoms with E-state index in [4.69, 9.17) is 0 Å². The Labute approximate surface area is 205 Å². The van der Waals surface area contributed by atoms with E-state index in [0.717, 1.165) is 11.8 Å². The van der Waals surface area contributed by atoms with Gasteiger partial charge in [-0.2, -0.15) is 0 Å². The van der Waals surface area contributed by atoms with Crippen molar-refractivity contribution < 1.29 is 0 Å². The van der Waals surface area contributed by atoms with Gasteiger partial charge in [0.2, 0.25) is 0 Å². The van der Waals surface area contributed by atoms with E-state index < -0.39 is 0 Å². The second kappa shape index (κ2) is 25.6. The molecule has 32 heavy (non-hydrogen) atoms. The predicted molar refractivity (Wildman–Crippen MR) is 149 cm³/mol. The SMILES string of the molecule is CCCN(CCCCCCCCCCCC(C)C)CCCCCCCCCCCC(C)C. The first-order chi connectivity index (χ1) is 15.6. The molecule has 1 heteroatoms. The Morgan fingerprint density at radius 3 is 0.938 bits per heavy atom. The Bertz CT molecular complexity index is 305. The minimum atomic E-state index is 0.890. The molecule has 0 aliphatic heterocycles. The van der Waals surface area contributed by atoms with Crippen LogP contribution in [-0.4, -0.2) is 24.5 Å². The Morgan fingerprint density at radius 2 is 0.656 bits per heavy atom. The summed E-state index contributed by atoms with van der Waals surface area (Å²) in [4.78, 5) is 2.75. The molecule has 1 nitrogen and oxygen atoms in total. The van der Waals surface area contributed by atoms with Crippen LogP contribution in [0.15, 0.2) is 0 Å². The molecule has 0 amide bonds. The number of rotatable bonds is 26. The third-order valence-electron chi connectivity index (χ3n) is 7.05. The fourth-order valence-corrected chi connectivity index (χ4v) is 4.90. The Hall–Kier alpha value is -0.0400. The van der Waals surface area contributed by atoms with Gasteiger partial charge in [0.15, 0.2) is 0 Å². The number of nitrogens with zero attached hydrogens (tertiary/aromatic N) is 1. The van der Waals surface area contributed by atoms with Gasteiger partial charge in [-0.25, -0.2) is 0 Å². The minimum Gasteiger partial charge on any atom is -0.303 e. The highest BCUT2D eigenvalue weighted by molar-refractivity contribution is 4.59. The normalized spacial score (nSPS) is 12.0. The van der Waals surface area contributed by atoms with Crippen LogP contribution >= 0.6 is 0 Å². The molecule has 0 heterocycles. The highest BCUT2D eigenvalue weighted by Crippen LogP contribution is 2.15. The van der Waals surface area contributed by atoms with E-state index in [2.05, 4.69) is 39.5 Å². The molecule has 0 radical (unpaired) electrons. The molecule has 0 atom stereocenters. The van der Waals surface area contributed by atoms with E-state index in [1.807, 2.05) is 0 Å². The Morgan fingerprint density at radius 1 is 0.375 bits per heavy atom. The van der Waals surface area contributed by atoms with Crippen LogP contribution in [-0.2, 0) is 0 Å². The van der Waals surface area contributed by atoms with Crippen molar-refractivity contribution in [2.45, 2.75) is 169 Å². The van der Waals surface area contributed by atoms with Crippen LogP contribution < -0.4 is 0 Å². The summed E-state index contributed by atoms with van der Waals surface area (Å²) >= 11 is 0. The molecule has 0 rings (SSSR count). The summed E-state index contributed by atoms with van der Waals surface area (Å²) in [5, 5.41) is 0. The highest BCUT2D eigenvalue weighted by Gasteiger charge is 2.04. The van der Waals surface area contributed by atoms with E-state index in [1.165, 1.54) is 154 Å². The molecule has 0 bridgehead atoms. The standard InChI is InChI=1S/C31H65N/c1-6-27-32(28-23-19-15-11-7-9-13-17-21-25-30(2)3)29-24-20-16-12-8-10-14-18-22-26-31(4)5/h30-31H,6-29H2,1-5H3. The van der Waals surface area contributed by atoms with Gasteiger partial charge in [0.25, 0.3) is 0 Å². The molecule has 0 unspecified atom stereocenters. The van der Waals surface area contributed by atoms with Crippen LogP contribution in [0.4, 0.5) is 0 Å². The van der Waals surface area contributed by atoms with Crippen molar-refractivity contribution in [1.29, 1.82) is 0 Å². The summed E-state index contributed by atoms with van der Waals surface area (Å²) in [5.41, 5.74) is 0. The van der Waals surface area contributed by atoms with E-state index in [-0.39, 0.29) is 0 Å². The zero-order valence-corrected chi connectivity index (χ0v) is 23.6. The van der Waals surface area contributed by atoms with Gasteiger partial charge in [-0.1, -0.05) is 150 Å². The Balaban J connectivity index is 3.42. The maximum absolute atomic E-state index is 2.75. The maximum Gasteiger partial charge on any atom is -0.00187 e. The molecule has 0 saturated carbocycles. The van der Waals surface area contributed by atoms with Crippen molar-refractivity contribution in [3.63, 3.8) is 0 Å². The van der Waals surface area contributed by atoms with Gasteiger partial charge < -0.3 is 4.90 Å². The monoisotopic (exact) mass is 452 g/mol.